The minimum absolute atomic E-state index is 0.183. The van der Waals surface area contributed by atoms with E-state index >= 15 is 0 Å². The van der Waals surface area contributed by atoms with Crippen molar-refractivity contribution in [1.29, 1.82) is 0 Å². The lowest BCUT2D eigenvalue weighted by atomic mass is 9.82. The van der Waals surface area contributed by atoms with E-state index in [1.165, 1.54) is 7.11 Å². The first-order valence-corrected chi connectivity index (χ1v) is 7.28. The van der Waals surface area contributed by atoms with Gasteiger partial charge in [0, 0.05) is 6.54 Å². The van der Waals surface area contributed by atoms with E-state index in [0.29, 0.717) is 0 Å². The topological polar surface area (TPSA) is 41.9 Å². The van der Waals surface area contributed by atoms with Crippen LogP contribution < -0.4 is 0 Å². The normalized spacial score (nSPS) is 27.2. The molecule has 2 aliphatic rings. The lowest BCUT2D eigenvalue weighted by Gasteiger charge is -2.33. The summed E-state index contributed by atoms with van der Waals surface area (Å²) in [6.45, 7) is 6.94. The number of amidine groups is 1. The van der Waals surface area contributed by atoms with Gasteiger partial charge in [0.2, 0.25) is 0 Å². The molecule has 0 bridgehead atoms. The zero-order valence-corrected chi connectivity index (χ0v) is 12.5. The van der Waals surface area contributed by atoms with E-state index < -0.39 is 0 Å². The van der Waals surface area contributed by atoms with Crippen LogP contribution in [0.2, 0.25) is 0 Å². The zero-order chi connectivity index (χ0) is 15.0. The summed E-state index contributed by atoms with van der Waals surface area (Å²) in [5, 5.41) is 0. The Morgan fingerprint density at radius 2 is 2.29 bits per heavy atom. The number of carbonyl (C=O) groups excluding carboxylic acids is 1. The zero-order valence-electron chi connectivity index (χ0n) is 12.5. The van der Waals surface area contributed by atoms with Gasteiger partial charge < -0.3 is 9.64 Å². The SMILES string of the molecule is C=CC1(C)C(N2CCC[C@H]2C(=O)OC)=Nc2ccccc21. The molecule has 0 aromatic heterocycles. The third-order valence-electron chi connectivity index (χ3n) is 4.56. The Labute approximate surface area is 125 Å². The van der Waals surface area contributed by atoms with Crippen molar-refractivity contribution in [3.05, 3.63) is 42.5 Å². The van der Waals surface area contributed by atoms with Crippen molar-refractivity contribution in [3.8, 4) is 0 Å². The van der Waals surface area contributed by atoms with Crippen LogP contribution in [-0.2, 0) is 14.9 Å². The van der Waals surface area contributed by atoms with Gasteiger partial charge in [-0.3, -0.25) is 0 Å². The van der Waals surface area contributed by atoms with Gasteiger partial charge >= 0.3 is 5.97 Å². The molecular weight excluding hydrogens is 264 g/mol. The Bertz CT molecular complexity index is 623. The van der Waals surface area contributed by atoms with Gasteiger partial charge in [0.25, 0.3) is 0 Å². The number of para-hydroxylation sites is 1. The number of aliphatic imine (C=N–C) groups is 1. The first-order valence-electron chi connectivity index (χ1n) is 7.28. The van der Waals surface area contributed by atoms with Crippen LogP contribution in [0.4, 0.5) is 5.69 Å². The van der Waals surface area contributed by atoms with Crippen molar-refractivity contribution in [1.82, 2.24) is 4.90 Å². The summed E-state index contributed by atoms with van der Waals surface area (Å²) in [5.74, 6) is 0.726. The Morgan fingerprint density at radius 1 is 1.52 bits per heavy atom. The first-order chi connectivity index (χ1) is 10.1. The number of hydrogen-bond donors (Lipinski definition) is 0. The molecule has 0 spiro atoms. The van der Waals surface area contributed by atoms with Gasteiger partial charge in [0.05, 0.1) is 18.2 Å². The number of rotatable bonds is 2. The molecule has 0 aliphatic carbocycles. The largest absolute Gasteiger partial charge is 0.467 e. The maximum absolute atomic E-state index is 12.0. The summed E-state index contributed by atoms with van der Waals surface area (Å²) >= 11 is 0. The highest BCUT2D eigenvalue weighted by molar-refractivity contribution is 6.03. The average molecular weight is 284 g/mol. The highest BCUT2D eigenvalue weighted by Crippen LogP contribution is 2.43. The van der Waals surface area contributed by atoms with Gasteiger partial charge in [0.1, 0.15) is 11.9 Å². The van der Waals surface area contributed by atoms with Crippen LogP contribution in [0.1, 0.15) is 25.3 Å². The number of fused-ring (bicyclic) bond motifs is 1. The van der Waals surface area contributed by atoms with Crippen LogP contribution in [-0.4, -0.2) is 36.4 Å². The third kappa shape index (κ3) is 1.97. The van der Waals surface area contributed by atoms with Crippen molar-refractivity contribution in [2.45, 2.75) is 31.2 Å². The van der Waals surface area contributed by atoms with Crippen LogP contribution in [0.25, 0.3) is 0 Å². The molecule has 2 heterocycles. The van der Waals surface area contributed by atoms with E-state index in [9.17, 15) is 4.79 Å². The standard InChI is InChI=1S/C17H20N2O2/c1-4-17(2)12-8-5-6-9-13(12)18-16(17)19-11-7-10-14(19)15(20)21-3/h4-6,8-9,14H,1,7,10-11H2,2-3H3/t14-,17?/m0/s1. The molecule has 2 aliphatic heterocycles. The maximum atomic E-state index is 12.0. The molecule has 3 rings (SSSR count). The van der Waals surface area contributed by atoms with E-state index in [1.807, 2.05) is 24.3 Å². The minimum atomic E-state index is -0.354. The number of likely N-dealkylation sites (tertiary alicyclic amines) is 1. The van der Waals surface area contributed by atoms with E-state index in [1.54, 1.807) is 0 Å². The van der Waals surface area contributed by atoms with Gasteiger partial charge in [-0.05, 0) is 31.4 Å². The lowest BCUT2D eigenvalue weighted by Crippen LogP contribution is -2.47. The molecule has 2 atom stereocenters. The van der Waals surface area contributed by atoms with Gasteiger partial charge in [-0.1, -0.05) is 24.3 Å². The van der Waals surface area contributed by atoms with E-state index in [2.05, 4.69) is 24.5 Å². The third-order valence-corrected chi connectivity index (χ3v) is 4.56. The number of ether oxygens (including phenoxy) is 1. The highest BCUT2D eigenvalue weighted by atomic mass is 16.5. The van der Waals surface area contributed by atoms with Crippen LogP contribution in [0.15, 0.2) is 41.9 Å². The van der Waals surface area contributed by atoms with Crippen molar-refractivity contribution in [2.24, 2.45) is 4.99 Å². The fourth-order valence-corrected chi connectivity index (χ4v) is 3.33. The number of nitrogens with zero attached hydrogens (tertiary/aromatic N) is 2. The summed E-state index contributed by atoms with van der Waals surface area (Å²) in [4.78, 5) is 18.9. The van der Waals surface area contributed by atoms with Crippen LogP contribution in [0.5, 0.6) is 0 Å². The second-order valence-electron chi connectivity index (χ2n) is 5.73. The van der Waals surface area contributed by atoms with Crippen LogP contribution >= 0.6 is 0 Å². The fourth-order valence-electron chi connectivity index (χ4n) is 3.33. The molecule has 0 radical (unpaired) electrons. The van der Waals surface area contributed by atoms with Gasteiger partial charge in [-0.25, -0.2) is 9.79 Å². The smallest absolute Gasteiger partial charge is 0.328 e. The van der Waals surface area contributed by atoms with E-state index in [4.69, 9.17) is 9.73 Å². The highest BCUT2D eigenvalue weighted by Gasteiger charge is 2.44. The second kappa shape index (κ2) is 5.02. The summed E-state index contributed by atoms with van der Waals surface area (Å²) in [6.07, 6.45) is 3.71. The second-order valence-corrected chi connectivity index (χ2v) is 5.73. The molecule has 21 heavy (non-hydrogen) atoms. The summed E-state index contributed by atoms with van der Waals surface area (Å²) in [7, 11) is 1.44. The lowest BCUT2D eigenvalue weighted by molar-refractivity contribution is -0.144. The molecule has 1 aromatic carbocycles. The van der Waals surface area contributed by atoms with Crippen molar-refractivity contribution < 1.29 is 9.53 Å². The molecule has 1 unspecified atom stereocenters. The molecule has 4 heteroatoms. The molecule has 1 fully saturated rings. The predicted molar refractivity (Wildman–Crippen MR) is 82.8 cm³/mol. The molecule has 110 valence electrons. The van der Waals surface area contributed by atoms with Gasteiger partial charge in [-0.15, -0.1) is 6.58 Å². The van der Waals surface area contributed by atoms with E-state index in [0.717, 1.165) is 36.5 Å². The molecule has 0 saturated carbocycles. The molecule has 4 nitrogen and oxygen atoms in total. The quantitative estimate of drug-likeness (QED) is 0.619. The number of benzene rings is 1. The van der Waals surface area contributed by atoms with E-state index in [-0.39, 0.29) is 17.4 Å². The molecule has 0 amide bonds. The Balaban J connectivity index is 2.03. The molecular formula is C17H20N2O2. The van der Waals surface area contributed by atoms with Crippen molar-refractivity contribution in [2.75, 3.05) is 13.7 Å². The van der Waals surface area contributed by atoms with Crippen molar-refractivity contribution in [3.63, 3.8) is 0 Å². The average Bonchev–Trinajstić information content (AvgIpc) is 3.10. The molecule has 1 saturated heterocycles. The number of hydrogen-bond acceptors (Lipinski definition) is 4. The molecule has 1 aromatic rings. The number of esters is 1. The van der Waals surface area contributed by atoms with Gasteiger partial charge in [-0.2, -0.15) is 0 Å². The number of carbonyl (C=O) groups is 1. The maximum Gasteiger partial charge on any atom is 0.328 e. The summed E-state index contributed by atoms with van der Waals surface area (Å²) in [6, 6.07) is 7.85. The summed E-state index contributed by atoms with van der Waals surface area (Å²) in [5.41, 5.74) is 1.75. The van der Waals surface area contributed by atoms with Crippen LogP contribution in [0.3, 0.4) is 0 Å². The Morgan fingerprint density at radius 3 is 3.00 bits per heavy atom. The molecule has 0 N–H and O–H groups in total. The predicted octanol–water partition coefficient (Wildman–Crippen LogP) is 2.81. The van der Waals surface area contributed by atoms with Crippen molar-refractivity contribution >= 4 is 17.5 Å². The Kier molecular flexibility index (Phi) is 3.32. The fraction of sp³-hybridized carbons (Fsp3) is 0.412. The van der Waals surface area contributed by atoms with Gasteiger partial charge in [0.15, 0.2) is 0 Å². The monoisotopic (exact) mass is 284 g/mol. The minimum Gasteiger partial charge on any atom is -0.467 e. The Hall–Kier alpha value is -2.10. The van der Waals surface area contributed by atoms with Crippen LogP contribution in [0, 0.1) is 0 Å². The summed E-state index contributed by atoms with van der Waals surface area (Å²) < 4.78 is 4.94. The first kappa shape index (κ1) is 13.9. The number of methoxy groups -OCH3 is 1.